The number of hydrogen-bond donors (Lipinski definition) is 1. The summed E-state index contributed by atoms with van der Waals surface area (Å²) in [6, 6.07) is 13.8. The fraction of sp³-hybridized carbons (Fsp3) is 0.457. The van der Waals surface area contributed by atoms with E-state index in [0.29, 0.717) is 55.4 Å². The monoisotopic (exact) mass is 651 g/mol. The lowest BCUT2D eigenvalue weighted by Crippen LogP contribution is -2.55. The van der Waals surface area contributed by atoms with Crippen LogP contribution in [0.3, 0.4) is 0 Å². The lowest BCUT2D eigenvalue weighted by Gasteiger charge is -2.37. The minimum atomic E-state index is -0.731. The average molecular weight is 652 g/mol. The topological polar surface area (TPSA) is 90.4 Å². The van der Waals surface area contributed by atoms with Gasteiger partial charge in [0.25, 0.3) is 5.91 Å². The van der Waals surface area contributed by atoms with Gasteiger partial charge >= 0.3 is 0 Å². The summed E-state index contributed by atoms with van der Waals surface area (Å²) >= 11 is 7.82. The van der Waals surface area contributed by atoms with Crippen molar-refractivity contribution >= 4 is 52.5 Å². The Balaban J connectivity index is 1.51. The molecule has 3 aliphatic heterocycles. The first-order chi connectivity index (χ1) is 21.8. The number of halogens is 1. The molecule has 3 aliphatic rings. The zero-order chi connectivity index (χ0) is 32.1. The standard InChI is InChI=1S/C35H42ClN3O5S/c1-4-20-37(26-14-16-27(17-15-26)44-6-3)32(41)29-28-18-19-35(45-28)30(29)33(42)39(22-8-7-9-23-40)31(35)34(43)38(21-5-2)25-12-10-24(36)11-13-25/h4-5,10-17,28-31,40H,1-2,6-9,18-23H2,3H3/t28-,29+,30+,31?,35?/m1/s1. The van der Waals surface area contributed by atoms with E-state index in [1.165, 1.54) is 0 Å². The van der Waals surface area contributed by atoms with Crippen LogP contribution in [0.1, 0.15) is 39.0 Å². The first-order valence-corrected chi connectivity index (χ1v) is 17.0. The van der Waals surface area contributed by atoms with E-state index in [-0.39, 0.29) is 36.1 Å². The van der Waals surface area contributed by atoms with Crippen LogP contribution in [0.25, 0.3) is 0 Å². The molecule has 0 aromatic heterocycles. The van der Waals surface area contributed by atoms with Crippen LogP contribution in [-0.2, 0) is 14.4 Å². The summed E-state index contributed by atoms with van der Waals surface area (Å²) in [7, 11) is 0. The Morgan fingerprint density at radius 1 is 1.02 bits per heavy atom. The van der Waals surface area contributed by atoms with Crippen LogP contribution in [0, 0.1) is 11.8 Å². The summed E-state index contributed by atoms with van der Waals surface area (Å²) in [5.41, 5.74) is 1.39. The molecule has 2 bridgehead atoms. The van der Waals surface area contributed by atoms with E-state index in [4.69, 9.17) is 16.3 Å². The van der Waals surface area contributed by atoms with Gasteiger partial charge in [-0.15, -0.1) is 24.9 Å². The van der Waals surface area contributed by atoms with E-state index in [1.54, 1.807) is 62.9 Å². The van der Waals surface area contributed by atoms with Gasteiger partial charge in [0.05, 0.1) is 23.2 Å². The third-order valence-electron chi connectivity index (χ3n) is 9.13. The lowest BCUT2D eigenvalue weighted by atomic mass is 9.70. The summed E-state index contributed by atoms with van der Waals surface area (Å²) in [6.07, 6.45) is 6.82. The number of thioether (sulfide) groups is 1. The van der Waals surface area contributed by atoms with Crippen LogP contribution < -0.4 is 14.5 Å². The first-order valence-electron chi connectivity index (χ1n) is 15.7. The molecule has 1 spiro atoms. The molecular formula is C35H42ClN3O5S. The highest BCUT2D eigenvalue weighted by Crippen LogP contribution is 2.67. The highest BCUT2D eigenvalue weighted by molar-refractivity contribution is 8.02. The summed E-state index contributed by atoms with van der Waals surface area (Å²) in [5, 5.41) is 9.84. The van der Waals surface area contributed by atoms with Gasteiger partial charge in [-0.25, -0.2) is 0 Å². The predicted octanol–water partition coefficient (Wildman–Crippen LogP) is 5.73. The van der Waals surface area contributed by atoms with Crippen LogP contribution in [0.2, 0.25) is 5.02 Å². The van der Waals surface area contributed by atoms with E-state index >= 15 is 0 Å². The maximum Gasteiger partial charge on any atom is 0.251 e. The van der Waals surface area contributed by atoms with Crippen molar-refractivity contribution in [1.82, 2.24) is 4.90 Å². The van der Waals surface area contributed by atoms with Crippen molar-refractivity contribution in [3.63, 3.8) is 0 Å². The van der Waals surface area contributed by atoms with Crippen LogP contribution >= 0.6 is 23.4 Å². The number of anilines is 2. The number of carbonyl (C=O) groups excluding carboxylic acids is 3. The van der Waals surface area contributed by atoms with Crippen LogP contribution in [0.15, 0.2) is 73.8 Å². The molecule has 240 valence electrons. The SMILES string of the molecule is C=CCN(C(=O)C1N(CCCCCO)C(=O)[C@@H]2[C@@H](C(=O)N(CC=C)c3ccc(OCC)cc3)[C@H]3CCC12S3)c1ccc(Cl)cc1. The number of ether oxygens (including phenoxy) is 1. The number of amides is 3. The molecule has 3 saturated heterocycles. The predicted molar refractivity (Wildman–Crippen MR) is 181 cm³/mol. The van der Waals surface area contributed by atoms with Gasteiger partial charge in [-0.1, -0.05) is 23.8 Å². The molecule has 1 N–H and O–H groups in total. The molecule has 2 unspecified atom stereocenters. The number of aliphatic hydroxyl groups is 1. The molecule has 2 aromatic carbocycles. The molecule has 3 amide bonds. The van der Waals surface area contributed by atoms with Gasteiger partial charge in [-0.2, -0.15) is 0 Å². The van der Waals surface area contributed by atoms with E-state index in [9.17, 15) is 19.5 Å². The second-order valence-corrected chi connectivity index (χ2v) is 13.8. The van der Waals surface area contributed by atoms with Crippen molar-refractivity contribution in [3.8, 4) is 5.75 Å². The quantitative estimate of drug-likeness (QED) is 0.195. The van der Waals surface area contributed by atoms with Gasteiger partial charge in [0, 0.05) is 47.9 Å². The molecule has 3 fully saturated rings. The summed E-state index contributed by atoms with van der Waals surface area (Å²) in [4.78, 5) is 48.8. The molecule has 8 nitrogen and oxygen atoms in total. The Bertz CT molecular complexity index is 1400. The average Bonchev–Trinajstić information content (AvgIpc) is 3.69. The van der Waals surface area contributed by atoms with Crippen molar-refractivity contribution < 1.29 is 24.2 Å². The Morgan fingerprint density at radius 3 is 2.24 bits per heavy atom. The van der Waals surface area contributed by atoms with Gasteiger partial charge < -0.3 is 24.5 Å². The minimum absolute atomic E-state index is 0.0725. The number of unbranched alkanes of at least 4 members (excludes halogenated alkanes) is 2. The van der Waals surface area contributed by atoms with Crippen molar-refractivity contribution in [2.24, 2.45) is 11.8 Å². The van der Waals surface area contributed by atoms with E-state index < -0.39 is 22.6 Å². The molecule has 2 aromatic rings. The zero-order valence-corrected chi connectivity index (χ0v) is 27.3. The Kier molecular flexibility index (Phi) is 10.6. The molecule has 0 aliphatic carbocycles. The lowest BCUT2D eigenvalue weighted by molar-refractivity contribution is -0.139. The highest BCUT2D eigenvalue weighted by Gasteiger charge is 2.74. The van der Waals surface area contributed by atoms with Crippen LogP contribution in [0.4, 0.5) is 11.4 Å². The van der Waals surface area contributed by atoms with Gasteiger partial charge in [-0.3, -0.25) is 14.4 Å². The molecule has 10 heteroatoms. The summed E-state index contributed by atoms with van der Waals surface area (Å²) in [6.45, 7) is 11.3. The van der Waals surface area contributed by atoms with Gasteiger partial charge in [0.2, 0.25) is 11.8 Å². The molecule has 0 radical (unpaired) electrons. The second kappa shape index (κ2) is 14.4. The summed E-state index contributed by atoms with van der Waals surface area (Å²) < 4.78 is 4.88. The minimum Gasteiger partial charge on any atom is -0.494 e. The normalized spacial score (nSPS) is 24.8. The molecule has 5 atom stereocenters. The Hall–Kier alpha value is -3.27. The van der Waals surface area contributed by atoms with Crippen molar-refractivity contribution in [3.05, 3.63) is 78.9 Å². The van der Waals surface area contributed by atoms with E-state index in [1.807, 2.05) is 31.2 Å². The number of aliphatic hydroxyl groups excluding tert-OH is 1. The van der Waals surface area contributed by atoms with E-state index in [2.05, 4.69) is 13.2 Å². The van der Waals surface area contributed by atoms with Gasteiger partial charge in [-0.05, 0) is 87.6 Å². The number of carbonyl (C=O) groups is 3. The number of fused-ring (bicyclic) bond motifs is 1. The highest BCUT2D eigenvalue weighted by atomic mass is 35.5. The first kappa shape index (κ1) is 33.1. The number of likely N-dealkylation sites (tertiary alicyclic amines) is 1. The largest absolute Gasteiger partial charge is 0.494 e. The fourth-order valence-corrected chi connectivity index (χ4v) is 9.60. The van der Waals surface area contributed by atoms with Gasteiger partial charge in [0.15, 0.2) is 0 Å². The third-order valence-corrected chi connectivity index (χ3v) is 11.3. The molecular weight excluding hydrogens is 610 g/mol. The molecule has 3 heterocycles. The fourth-order valence-electron chi connectivity index (χ4n) is 7.27. The van der Waals surface area contributed by atoms with Crippen molar-refractivity contribution in [1.29, 1.82) is 0 Å². The second-order valence-electron chi connectivity index (χ2n) is 11.8. The Labute approximate surface area is 275 Å². The Morgan fingerprint density at radius 2 is 1.64 bits per heavy atom. The number of benzene rings is 2. The van der Waals surface area contributed by atoms with E-state index in [0.717, 1.165) is 18.6 Å². The molecule has 0 saturated carbocycles. The van der Waals surface area contributed by atoms with Crippen LogP contribution in [0.5, 0.6) is 5.75 Å². The third kappa shape index (κ3) is 6.27. The smallest absolute Gasteiger partial charge is 0.251 e. The van der Waals surface area contributed by atoms with Crippen molar-refractivity contribution in [2.45, 2.75) is 55.1 Å². The number of nitrogens with zero attached hydrogens (tertiary/aromatic N) is 3. The summed E-state index contributed by atoms with van der Waals surface area (Å²) in [5.74, 6) is -0.896. The molecule has 5 rings (SSSR count). The van der Waals surface area contributed by atoms with Crippen molar-refractivity contribution in [2.75, 3.05) is 42.6 Å². The molecule has 45 heavy (non-hydrogen) atoms. The van der Waals surface area contributed by atoms with Crippen LogP contribution in [-0.4, -0.2) is 76.6 Å². The maximum absolute atomic E-state index is 14.7. The van der Waals surface area contributed by atoms with Gasteiger partial charge in [0.1, 0.15) is 11.8 Å². The maximum atomic E-state index is 14.7. The number of rotatable bonds is 15. The zero-order valence-electron chi connectivity index (χ0n) is 25.8. The number of hydrogen-bond acceptors (Lipinski definition) is 6.